The summed E-state index contributed by atoms with van der Waals surface area (Å²) in [5.74, 6) is -0.0807. The number of esters is 1. The highest BCUT2D eigenvalue weighted by atomic mass is 32.7. The van der Waals surface area contributed by atoms with Crippen LogP contribution in [0.5, 0.6) is 11.5 Å². The number of nitrogens with two attached hydrogens (primary N) is 2. The van der Waals surface area contributed by atoms with Gasteiger partial charge in [0.1, 0.15) is 65.6 Å². The molecule has 4 N–H and O–H groups in total. The van der Waals surface area contributed by atoms with E-state index >= 15 is 13.3 Å². The summed E-state index contributed by atoms with van der Waals surface area (Å²) < 4.78 is 115. The van der Waals surface area contributed by atoms with Gasteiger partial charge in [0.15, 0.2) is 41.9 Å². The van der Waals surface area contributed by atoms with Crippen molar-refractivity contribution in [1.82, 2.24) is 49.0 Å². The zero-order valence-electron chi connectivity index (χ0n) is 45.3. The molecule has 10 atom stereocenters. The van der Waals surface area contributed by atoms with E-state index in [1.54, 1.807) is 46.0 Å². The van der Waals surface area contributed by atoms with E-state index < -0.39 is 82.7 Å². The fourth-order valence-corrected chi connectivity index (χ4v) is 15.0. The van der Waals surface area contributed by atoms with Crippen LogP contribution in [-0.4, -0.2) is 125 Å². The van der Waals surface area contributed by atoms with Crippen LogP contribution in [-0.2, 0) is 60.3 Å². The van der Waals surface area contributed by atoms with Gasteiger partial charge in [-0.3, -0.25) is 27.5 Å². The maximum absolute atomic E-state index is 17.0. The molecular formula is C55H50BF2N13O12P2S. The molecule has 4 aromatic carbocycles. The number of nitrogens with zero attached hydrogens (tertiary/aromatic N) is 11. The van der Waals surface area contributed by atoms with Gasteiger partial charge in [-0.1, -0.05) is 66.7 Å². The van der Waals surface area contributed by atoms with Gasteiger partial charge in [0.25, 0.3) is 7.47 Å². The van der Waals surface area contributed by atoms with E-state index in [1.807, 2.05) is 55.5 Å². The molecule has 9 heterocycles. The second kappa shape index (κ2) is 23.4. The molecule has 0 saturated carbocycles. The van der Waals surface area contributed by atoms with Crippen LogP contribution >= 0.6 is 25.7 Å². The third-order valence-corrected chi connectivity index (χ3v) is 19.6. The number of benzene rings is 4. The highest BCUT2D eigenvalue weighted by molar-refractivity contribution is 8.54. The van der Waals surface area contributed by atoms with Crippen LogP contribution in [0.15, 0.2) is 128 Å². The molecule has 9 aromatic rings. The third-order valence-electron chi connectivity index (χ3n) is 14.9. The van der Waals surface area contributed by atoms with Gasteiger partial charge < -0.3 is 44.4 Å². The summed E-state index contributed by atoms with van der Waals surface area (Å²) in [7, 11) is 1.34. The van der Waals surface area contributed by atoms with E-state index in [9.17, 15) is 14.2 Å². The normalized spacial score (nSPS) is 25.6. The van der Waals surface area contributed by atoms with E-state index in [0.717, 1.165) is 34.4 Å². The Bertz CT molecular complexity index is 4150. The molecule has 0 spiro atoms. The molecule has 13 rings (SSSR count). The number of carbonyl (C=O) groups is 2. The molecule has 0 aliphatic carbocycles. The van der Waals surface area contributed by atoms with Crippen LogP contribution in [0, 0.1) is 0 Å². The van der Waals surface area contributed by atoms with Crippen LogP contribution in [0.2, 0.25) is 0 Å². The molecule has 440 valence electrons. The number of aromatic nitrogens is 10. The zero-order valence-corrected chi connectivity index (χ0v) is 47.9. The highest BCUT2D eigenvalue weighted by Crippen LogP contribution is 2.65. The summed E-state index contributed by atoms with van der Waals surface area (Å²) >= 11 is 0.665. The van der Waals surface area contributed by atoms with Crippen molar-refractivity contribution in [2.45, 2.75) is 81.4 Å². The molecule has 0 unspecified atom stereocenters. The SMILES string of the molecule is [B][P@]1(=O)OC[C@H]2O[C@@H](n3cnc4c(N)ccnc43)[C@H](F)[C@@H]2O[P@](=O)(SCc2ccc(OC(=O)c3ccc(OCCn4nnc5c4-c4ccccc4N(C(=O)CC)Cc4ccccc4-5)cc3)cc2)OC[C@H]2O[C@@H](n3cnc4c(N)ncnc43)[C@H](F)[C@@H]2O1. The minimum atomic E-state index is -4.73. The van der Waals surface area contributed by atoms with E-state index in [-0.39, 0.29) is 63.4 Å². The van der Waals surface area contributed by atoms with Crippen LogP contribution in [0.25, 0.3) is 44.8 Å². The average Bonchev–Trinajstić information content (AvgIpc) is 2.70. The summed E-state index contributed by atoms with van der Waals surface area (Å²) in [6, 6.07) is 29.8. The lowest BCUT2D eigenvalue weighted by Gasteiger charge is -2.30. The Hall–Kier alpha value is -7.98. The Morgan fingerprint density at radius 2 is 1.43 bits per heavy atom. The highest BCUT2D eigenvalue weighted by Gasteiger charge is 2.55. The molecule has 31 heteroatoms. The van der Waals surface area contributed by atoms with Crippen molar-refractivity contribution in [3.63, 3.8) is 0 Å². The van der Waals surface area contributed by atoms with Crippen molar-refractivity contribution in [2.24, 2.45) is 0 Å². The van der Waals surface area contributed by atoms with Crippen molar-refractivity contribution in [1.29, 1.82) is 0 Å². The minimum Gasteiger partial charge on any atom is -0.492 e. The average molecular weight is 1230 g/mol. The van der Waals surface area contributed by atoms with Crippen LogP contribution in [0.4, 0.5) is 26.0 Å². The van der Waals surface area contributed by atoms with Crippen LogP contribution in [0.3, 0.4) is 0 Å². The molecule has 86 heavy (non-hydrogen) atoms. The Kier molecular flexibility index (Phi) is 15.5. The van der Waals surface area contributed by atoms with Gasteiger partial charge in [0.2, 0.25) is 13.5 Å². The molecule has 25 nitrogen and oxygen atoms in total. The van der Waals surface area contributed by atoms with Crippen LogP contribution in [0.1, 0.15) is 47.3 Å². The van der Waals surface area contributed by atoms with Gasteiger partial charge in [0.05, 0.1) is 61.6 Å². The summed E-state index contributed by atoms with van der Waals surface area (Å²) in [5, 5.41) is 9.15. The number of para-hydroxylation sites is 1. The largest absolute Gasteiger partial charge is 0.492 e. The van der Waals surface area contributed by atoms with Crippen LogP contribution < -0.4 is 25.8 Å². The summed E-state index contributed by atoms with van der Waals surface area (Å²) in [6.45, 7) is -3.36. The molecule has 4 aliphatic rings. The van der Waals surface area contributed by atoms with E-state index in [1.165, 1.54) is 46.2 Å². The maximum atomic E-state index is 17.0. The lowest BCUT2D eigenvalue weighted by atomic mass is 9.95. The second-order valence-corrected chi connectivity index (χ2v) is 25.8. The molecule has 4 aliphatic heterocycles. The number of anilines is 3. The Balaban J connectivity index is 0.689. The summed E-state index contributed by atoms with van der Waals surface area (Å²) in [5.41, 5.74) is 18.6. The van der Waals surface area contributed by atoms with Crippen molar-refractivity contribution in [2.75, 3.05) is 36.2 Å². The monoisotopic (exact) mass is 1230 g/mol. The zero-order chi connectivity index (χ0) is 59.4. The van der Waals surface area contributed by atoms with Gasteiger partial charge >= 0.3 is 12.8 Å². The van der Waals surface area contributed by atoms with E-state index in [4.69, 9.17) is 56.1 Å². The maximum Gasteiger partial charge on any atom is 0.389 e. The molecule has 0 bridgehead atoms. The number of nitrogen functional groups attached to an aromatic ring is 2. The van der Waals surface area contributed by atoms with Gasteiger partial charge in [-0.15, -0.1) is 5.10 Å². The number of hydrogen-bond acceptors (Lipinski definition) is 22. The number of rotatable bonds is 12. The van der Waals surface area contributed by atoms with Gasteiger partial charge in [-0.25, -0.2) is 47.7 Å². The number of pyridine rings is 1. The minimum absolute atomic E-state index is 0.0103. The number of carbonyl (C=O) groups excluding carboxylic acids is 2. The first-order valence-electron chi connectivity index (χ1n) is 27.0. The van der Waals surface area contributed by atoms with Gasteiger partial charge in [-0.2, -0.15) is 0 Å². The first-order chi connectivity index (χ1) is 41.6. The van der Waals surface area contributed by atoms with Gasteiger partial charge in [-0.05, 0) is 71.0 Å². The number of fused-ring (bicyclic) bond motifs is 9. The summed E-state index contributed by atoms with van der Waals surface area (Å²) in [4.78, 5) is 49.4. The number of amides is 1. The topological polar surface area (TPSA) is 302 Å². The predicted octanol–water partition coefficient (Wildman–Crippen LogP) is 8.52. The Morgan fingerprint density at radius 1 is 0.767 bits per heavy atom. The van der Waals surface area contributed by atoms with Gasteiger partial charge in [0, 0.05) is 29.5 Å². The van der Waals surface area contributed by atoms with E-state index in [0.29, 0.717) is 47.9 Å². The number of ether oxygens (including phenoxy) is 4. The van der Waals surface area contributed by atoms with Crippen molar-refractivity contribution in [3.05, 3.63) is 145 Å². The number of imidazole rings is 2. The second-order valence-electron chi connectivity index (χ2n) is 20.2. The van der Waals surface area contributed by atoms with Crippen molar-refractivity contribution >= 4 is 84.6 Å². The fraction of sp³-hybridized carbons (Fsp3) is 0.291. The third kappa shape index (κ3) is 11.0. The Morgan fingerprint density at radius 3 is 2.17 bits per heavy atom. The Labute approximate surface area is 492 Å². The molecule has 3 fully saturated rings. The first kappa shape index (κ1) is 57.1. The lowest BCUT2D eigenvalue weighted by molar-refractivity contribution is -0.118. The molecule has 3 saturated heterocycles. The molecular weight excluding hydrogens is 1180 g/mol. The number of halogens is 2. The fourth-order valence-electron chi connectivity index (χ4n) is 10.6. The molecule has 1 amide bonds. The predicted molar refractivity (Wildman–Crippen MR) is 309 cm³/mol. The summed E-state index contributed by atoms with van der Waals surface area (Å²) in [6.07, 6.45) is -8.46. The van der Waals surface area contributed by atoms with E-state index in [2.05, 4.69) is 35.2 Å². The lowest BCUT2D eigenvalue weighted by Crippen LogP contribution is -2.37. The standard InChI is InChI=1S/C55H50BF2N13O12P2S/c1-2-41(72)68-23-32-7-3-4-8-35(32)44-47(36-9-5-6-10-38(36)68)71(67-66-44)21-22-76-33-17-13-31(14-18-33)55(73)79-34-15-11-30(12-16-34)26-86-85(75)78-25-40-48(42(57)53(81-40)70-29-65-46-50(60)62-27-63-52(46)70)82-84(56,74)77-24-39-49(83-85)43(58)54(80-39)69-28-64-45-37(59)19-20-61-51(45)69/h3-20,27-29,39-40,42-43,48-49,53-54H,2,21-26H2,1H3,(H2,59,61)(H2,60,62,63)/t39-,40-,42-,43-,48-,49-,53-,54-,84+,85-/m1/s1. The molecule has 5 aromatic heterocycles. The number of alkyl halides is 2. The number of hydrogen-bond donors (Lipinski definition) is 2. The molecule has 2 radical (unpaired) electrons. The first-order valence-corrected chi connectivity index (χ1v) is 31.7. The van der Waals surface area contributed by atoms with Crippen molar-refractivity contribution < 1.29 is 64.5 Å². The smallest absolute Gasteiger partial charge is 0.389 e. The quantitative estimate of drug-likeness (QED) is 0.0501. The van der Waals surface area contributed by atoms with Crippen molar-refractivity contribution in [3.8, 4) is 34.0 Å².